The lowest BCUT2D eigenvalue weighted by Gasteiger charge is -2.27. The number of amides is 1. The van der Waals surface area contributed by atoms with Crippen LogP contribution in [0.1, 0.15) is 33.3 Å². The molecule has 34 heavy (non-hydrogen) atoms. The average Bonchev–Trinajstić information content (AvgIpc) is 3.38. The van der Waals surface area contributed by atoms with Gasteiger partial charge in [0.15, 0.2) is 22.9 Å². The Balaban J connectivity index is 1.67. The van der Waals surface area contributed by atoms with Crippen LogP contribution in [0.5, 0.6) is 5.75 Å². The van der Waals surface area contributed by atoms with Crippen molar-refractivity contribution < 1.29 is 23.8 Å². The van der Waals surface area contributed by atoms with Crippen molar-refractivity contribution in [2.45, 2.75) is 19.9 Å². The number of methoxy groups -OCH3 is 1. The van der Waals surface area contributed by atoms with Crippen LogP contribution in [0, 0.1) is 13.8 Å². The van der Waals surface area contributed by atoms with Crippen LogP contribution in [0.25, 0.3) is 11.0 Å². The molecule has 4 aromatic rings. The Bertz CT molecular complexity index is 1450. The van der Waals surface area contributed by atoms with E-state index < -0.39 is 23.5 Å². The van der Waals surface area contributed by atoms with Gasteiger partial charge in [-0.1, -0.05) is 18.2 Å². The highest BCUT2D eigenvalue weighted by Gasteiger charge is 2.45. The van der Waals surface area contributed by atoms with Gasteiger partial charge in [-0.05, 0) is 66.9 Å². The van der Waals surface area contributed by atoms with E-state index in [0.29, 0.717) is 28.0 Å². The van der Waals surface area contributed by atoms with Crippen LogP contribution in [-0.2, 0) is 4.79 Å². The van der Waals surface area contributed by atoms with Crippen LogP contribution in [0.15, 0.2) is 82.7 Å². The summed E-state index contributed by atoms with van der Waals surface area (Å²) in [6.45, 7) is 3.86. The Morgan fingerprint density at radius 3 is 2.44 bits per heavy atom. The SMILES string of the molecule is COc1cccc2cc(C(=O)C3=C(O)C(=O)N(c4cc(C)cc(C)c4)C3c3ccncc3)oc12. The summed E-state index contributed by atoms with van der Waals surface area (Å²) in [6.07, 6.45) is 3.17. The Morgan fingerprint density at radius 1 is 1.06 bits per heavy atom. The third-order valence-electron chi connectivity index (χ3n) is 5.91. The van der Waals surface area contributed by atoms with Crippen LogP contribution >= 0.6 is 0 Å². The van der Waals surface area contributed by atoms with E-state index in [4.69, 9.17) is 9.15 Å². The molecule has 3 heterocycles. The number of carbonyl (C=O) groups is 2. The van der Waals surface area contributed by atoms with Crippen molar-refractivity contribution >= 4 is 28.3 Å². The Kier molecular flexibility index (Phi) is 5.17. The number of aryl methyl sites for hydroxylation is 2. The van der Waals surface area contributed by atoms with Crippen molar-refractivity contribution in [3.63, 3.8) is 0 Å². The summed E-state index contributed by atoms with van der Waals surface area (Å²) in [7, 11) is 1.52. The fraction of sp³-hybridized carbons (Fsp3) is 0.148. The number of hydrogen-bond acceptors (Lipinski definition) is 6. The van der Waals surface area contributed by atoms with Crippen molar-refractivity contribution in [1.82, 2.24) is 4.98 Å². The highest BCUT2D eigenvalue weighted by Crippen LogP contribution is 2.43. The zero-order valence-corrected chi connectivity index (χ0v) is 18.9. The van der Waals surface area contributed by atoms with Crippen molar-refractivity contribution in [2.75, 3.05) is 12.0 Å². The molecule has 5 rings (SSSR count). The molecule has 0 saturated heterocycles. The number of anilines is 1. The average molecular weight is 454 g/mol. The molecule has 0 radical (unpaired) electrons. The quantitative estimate of drug-likeness (QED) is 0.415. The Labute approximate surface area is 195 Å². The van der Waals surface area contributed by atoms with E-state index in [9.17, 15) is 14.7 Å². The second kappa shape index (κ2) is 8.19. The number of Topliss-reactive ketones (excluding diaryl/α,β-unsaturated/α-hetero) is 1. The lowest BCUT2D eigenvalue weighted by Crippen LogP contribution is -2.31. The molecule has 1 unspecified atom stereocenters. The van der Waals surface area contributed by atoms with E-state index in [-0.39, 0.29) is 11.3 Å². The molecule has 0 aliphatic carbocycles. The molecule has 0 bridgehead atoms. The van der Waals surface area contributed by atoms with Gasteiger partial charge in [0, 0.05) is 23.5 Å². The molecule has 0 fully saturated rings. The molecule has 1 aliphatic rings. The third kappa shape index (κ3) is 3.42. The van der Waals surface area contributed by atoms with Crippen LogP contribution < -0.4 is 9.64 Å². The number of aliphatic hydroxyl groups is 1. The molecule has 1 N–H and O–H groups in total. The molecule has 7 heteroatoms. The zero-order valence-electron chi connectivity index (χ0n) is 18.9. The van der Waals surface area contributed by atoms with Crippen molar-refractivity contribution in [2.24, 2.45) is 0 Å². The van der Waals surface area contributed by atoms with Crippen molar-refractivity contribution in [1.29, 1.82) is 0 Å². The maximum absolute atomic E-state index is 13.7. The monoisotopic (exact) mass is 454 g/mol. The molecule has 0 spiro atoms. The molecular weight excluding hydrogens is 432 g/mol. The molecule has 1 amide bonds. The highest BCUT2D eigenvalue weighted by atomic mass is 16.5. The van der Waals surface area contributed by atoms with Gasteiger partial charge in [-0.3, -0.25) is 19.5 Å². The normalized spacial score (nSPS) is 15.9. The van der Waals surface area contributed by atoms with Crippen LogP contribution in [0.2, 0.25) is 0 Å². The summed E-state index contributed by atoms with van der Waals surface area (Å²) in [5.41, 5.74) is 3.52. The van der Waals surface area contributed by atoms with Gasteiger partial charge in [0.1, 0.15) is 0 Å². The van der Waals surface area contributed by atoms with E-state index in [1.165, 1.54) is 12.0 Å². The molecule has 2 aromatic heterocycles. The first-order chi connectivity index (χ1) is 16.4. The topological polar surface area (TPSA) is 92.9 Å². The molecule has 2 aromatic carbocycles. The third-order valence-corrected chi connectivity index (χ3v) is 5.91. The fourth-order valence-electron chi connectivity index (χ4n) is 4.50. The minimum Gasteiger partial charge on any atom is -0.503 e. The van der Waals surface area contributed by atoms with Crippen molar-refractivity contribution in [3.8, 4) is 5.75 Å². The number of ketones is 1. The molecule has 7 nitrogen and oxygen atoms in total. The highest BCUT2D eigenvalue weighted by molar-refractivity contribution is 6.20. The number of benzene rings is 2. The molecule has 1 atom stereocenters. The summed E-state index contributed by atoms with van der Waals surface area (Å²) in [6, 6.07) is 15.2. The van der Waals surface area contributed by atoms with Gasteiger partial charge in [0.25, 0.3) is 5.91 Å². The largest absolute Gasteiger partial charge is 0.503 e. The first-order valence-electron chi connectivity index (χ1n) is 10.7. The summed E-state index contributed by atoms with van der Waals surface area (Å²) in [4.78, 5) is 32.6. The molecule has 1 aliphatic heterocycles. The maximum atomic E-state index is 13.7. The molecule has 0 saturated carbocycles. The summed E-state index contributed by atoms with van der Waals surface area (Å²) in [5.74, 6) is -1.32. The van der Waals surface area contributed by atoms with Crippen LogP contribution in [0.4, 0.5) is 5.69 Å². The Hall–Kier alpha value is -4.39. The summed E-state index contributed by atoms with van der Waals surface area (Å²) < 4.78 is 11.2. The smallest absolute Gasteiger partial charge is 0.294 e. The predicted octanol–water partition coefficient (Wildman–Crippen LogP) is 5.24. The second-order valence-corrected chi connectivity index (χ2v) is 8.28. The number of aliphatic hydroxyl groups excluding tert-OH is 1. The molecule has 170 valence electrons. The number of rotatable bonds is 5. The van der Waals surface area contributed by atoms with Crippen LogP contribution in [0.3, 0.4) is 0 Å². The zero-order chi connectivity index (χ0) is 24.0. The first-order valence-corrected chi connectivity index (χ1v) is 10.7. The second-order valence-electron chi connectivity index (χ2n) is 8.28. The van der Waals surface area contributed by atoms with Crippen LogP contribution in [-0.4, -0.2) is 28.9 Å². The fourth-order valence-corrected chi connectivity index (χ4v) is 4.50. The van der Waals surface area contributed by atoms with Gasteiger partial charge < -0.3 is 14.3 Å². The number of para-hydroxylation sites is 1. The number of ether oxygens (including phenoxy) is 1. The number of hydrogen-bond donors (Lipinski definition) is 1. The number of nitrogens with zero attached hydrogens (tertiary/aromatic N) is 2. The minimum atomic E-state index is -0.848. The van der Waals surface area contributed by atoms with Gasteiger partial charge in [0.2, 0.25) is 5.78 Å². The van der Waals surface area contributed by atoms with E-state index in [0.717, 1.165) is 11.1 Å². The van der Waals surface area contributed by atoms with E-state index >= 15 is 0 Å². The number of pyridine rings is 1. The molecular formula is C27H22N2O5. The number of fused-ring (bicyclic) bond motifs is 1. The summed E-state index contributed by atoms with van der Waals surface area (Å²) >= 11 is 0. The Morgan fingerprint density at radius 2 is 1.76 bits per heavy atom. The van der Waals surface area contributed by atoms with Crippen molar-refractivity contribution in [3.05, 3.63) is 101 Å². The number of carbonyl (C=O) groups excluding carboxylic acids is 2. The maximum Gasteiger partial charge on any atom is 0.294 e. The van der Waals surface area contributed by atoms with Gasteiger partial charge >= 0.3 is 0 Å². The number of aromatic nitrogens is 1. The van der Waals surface area contributed by atoms with E-state index in [1.807, 2.05) is 32.0 Å². The van der Waals surface area contributed by atoms with E-state index in [1.54, 1.807) is 48.8 Å². The summed E-state index contributed by atoms with van der Waals surface area (Å²) in [5, 5.41) is 11.6. The van der Waals surface area contributed by atoms with Gasteiger partial charge in [0.05, 0.1) is 18.7 Å². The van der Waals surface area contributed by atoms with Gasteiger partial charge in [-0.2, -0.15) is 0 Å². The lowest BCUT2D eigenvalue weighted by molar-refractivity contribution is -0.117. The number of furan rings is 1. The predicted molar refractivity (Wildman–Crippen MR) is 127 cm³/mol. The standard InChI is InChI=1S/C27H22N2O5/c1-15-11-16(2)13-19(12-15)29-23(17-7-9-28-10-8-17)22(25(31)27(29)32)24(30)21-14-18-5-4-6-20(33-3)26(18)34-21/h4-14,23,31H,1-3H3. The lowest BCUT2D eigenvalue weighted by atomic mass is 9.95. The minimum absolute atomic E-state index is 0.00942. The first kappa shape index (κ1) is 21.5. The van der Waals surface area contributed by atoms with Gasteiger partial charge in [-0.15, -0.1) is 0 Å². The van der Waals surface area contributed by atoms with E-state index in [2.05, 4.69) is 4.98 Å². The van der Waals surface area contributed by atoms with Gasteiger partial charge in [-0.25, -0.2) is 0 Å².